The number of primary amides is 1. The summed E-state index contributed by atoms with van der Waals surface area (Å²) in [5.74, 6) is -2.30. The van der Waals surface area contributed by atoms with E-state index in [9.17, 15) is 19.2 Å². The van der Waals surface area contributed by atoms with E-state index in [4.69, 9.17) is 14.9 Å². The second kappa shape index (κ2) is 10.4. The molecule has 0 spiro atoms. The van der Waals surface area contributed by atoms with E-state index in [-0.39, 0.29) is 36.6 Å². The van der Waals surface area contributed by atoms with Crippen molar-refractivity contribution in [2.45, 2.75) is 19.3 Å². The number of hydrazone groups is 1. The maximum atomic E-state index is 12.2. The number of nitrogens with one attached hydrogen (secondary N) is 2. The molecule has 2 aromatic rings. The van der Waals surface area contributed by atoms with Crippen LogP contribution in [0.15, 0.2) is 52.2 Å². The molecule has 2 rings (SSSR count). The molecule has 1 aromatic heterocycles. The van der Waals surface area contributed by atoms with E-state index in [1.165, 1.54) is 19.4 Å². The molecule has 0 saturated heterocycles. The monoisotopic (exact) mass is 400 g/mol. The summed E-state index contributed by atoms with van der Waals surface area (Å²) in [6.45, 7) is 0. The van der Waals surface area contributed by atoms with Crippen molar-refractivity contribution in [2.75, 3.05) is 12.4 Å². The van der Waals surface area contributed by atoms with Crippen LogP contribution in [0.4, 0.5) is 5.69 Å². The Hall–Kier alpha value is -3.95. The zero-order chi connectivity index (χ0) is 21.2. The number of furan rings is 1. The number of benzene rings is 1. The van der Waals surface area contributed by atoms with Gasteiger partial charge in [0.2, 0.25) is 11.7 Å². The molecule has 0 saturated carbocycles. The molecule has 3 amide bonds. The minimum atomic E-state index is -1.22. The van der Waals surface area contributed by atoms with Crippen molar-refractivity contribution in [3.63, 3.8) is 0 Å². The van der Waals surface area contributed by atoms with Gasteiger partial charge in [-0.3, -0.25) is 19.2 Å². The number of methoxy groups -OCH3 is 1. The molecule has 1 aromatic carbocycles. The largest absolute Gasteiger partial charge is 0.497 e. The van der Waals surface area contributed by atoms with E-state index in [1.54, 1.807) is 30.3 Å². The number of carbonyl (C=O) groups is 4. The summed E-state index contributed by atoms with van der Waals surface area (Å²) in [7, 11) is 1.54. The maximum absolute atomic E-state index is 12.2. The number of anilines is 1. The first kappa shape index (κ1) is 21.4. The summed E-state index contributed by atoms with van der Waals surface area (Å²) >= 11 is 0. The van der Waals surface area contributed by atoms with Gasteiger partial charge < -0.3 is 20.2 Å². The smallest absolute Gasteiger partial charge is 0.329 e. The molecule has 4 N–H and O–H groups in total. The molecule has 0 bridgehead atoms. The number of nitrogens with two attached hydrogens (primary N) is 1. The molecule has 10 nitrogen and oxygen atoms in total. The predicted octanol–water partition coefficient (Wildman–Crippen LogP) is 1.24. The number of ether oxygens (including phenoxy) is 1. The van der Waals surface area contributed by atoms with E-state index >= 15 is 0 Å². The van der Waals surface area contributed by atoms with Crippen LogP contribution >= 0.6 is 0 Å². The molecule has 152 valence electrons. The molecule has 0 radical (unpaired) electrons. The van der Waals surface area contributed by atoms with Gasteiger partial charge in [0.25, 0.3) is 0 Å². The van der Waals surface area contributed by atoms with Crippen molar-refractivity contribution >= 4 is 34.9 Å². The summed E-state index contributed by atoms with van der Waals surface area (Å²) in [6.07, 6.45) is 1.19. The zero-order valence-corrected chi connectivity index (χ0v) is 15.6. The van der Waals surface area contributed by atoms with Gasteiger partial charge in [-0.1, -0.05) is 0 Å². The topological polar surface area (TPSA) is 153 Å². The second-order valence-electron chi connectivity index (χ2n) is 5.84. The van der Waals surface area contributed by atoms with E-state index in [1.807, 2.05) is 5.43 Å². The lowest BCUT2D eigenvalue weighted by atomic mass is 10.1. The molecule has 0 aliphatic heterocycles. The summed E-state index contributed by atoms with van der Waals surface area (Å²) in [5, 5.41) is 6.45. The minimum Gasteiger partial charge on any atom is -0.497 e. The normalized spacial score (nSPS) is 10.9. The Morgan fingerprint density at radius 2 is 1.83 bits per heavy atom. The van der Waals surface area contributed by atoms with Gasteiger partial charge in [0.15, 0.2) is 5.76 Å². The third kappa shape index (κ3) is 6.94. The fraction of sp³-hybridized carbons (Fsp3) is 0.211. The molecular weight excluding hydrogens is 380 g/mol. The van der Waals surface area contributed by atoms with Gasteiger partial charge in [0.1, 0.15) is 5.75 Å². The summed E-state index contributed by atoms with van der Waals surface area (Å²) in [4.78, 5) is 46.5. The SMILES string of the molecule is COc1ccc(NC(=O)CC/C(CC(=O)c2ccco2)=N/NC(=O)C(N)=O)cc1. The van der Waals surface area contributed by atoms with Crippen molar-refractivity contribution in [3.05, 3.63) is 48.4 Å². The van der Waals surface area contributed by atoms with E-state index in [2.05, 4.69) is 10.4 Å². The highest BCUT2D eigenvalue weighted by atomic mass is 16.5. The summed E-state index contributed by atoms with van der Waals surface area (Å²) in [6, 6.07) is 9.80. The second-order valence-corrected chi connectivity index (χ2v) is 5.84. The van der Waals surface area contributed by atoms with E-state index in [0.717, 1.165) is 0 Å². The number of carbonyl (C=O) groups excluding carboxylic acids is 4. The Bertz CT molecular complexity index is 903. The fourth-order valence-electron chi connectivity index (χ4n) is 2.23. The summed E-state index contributed by atoms with van der Waals surface area (Å²) < 4.78 is 10.1. The van der Waals surface area contributed by atoms with Crippen LogP contribution in [0.1, 0.15) is 29.8 Å². The average molecular weight is 400 g/mol. The first-order chi connectivity index (χ1) is 13.9. The fourth-order valence-corrected chi connectivity index (χ4v) is 2.23. The van der Waals surface area contributed by atoms with Crippen molar-refractivity contribution in [1.82, 2.24) is 5.43 Å². The van der Waals surface area contributed by atoms with Gasteiger partial charge in [0, 0.05) is 17.8 Å². The molecule has 10 heteroatoms. The quantitative estimate of drug-likeness (QED) is 0.249. The van der Waals surface area contributed by atoms with Crippen LogP contribution in [0.25, 0.3) is 0 Å². The predicted molar refractivity (Wildman–Crippen MR) is 103 cm³/mol. The van der Waals surface area contributed by atoms with Gasteiger partial charge in [0.05, 0.1) is 19.8 Å². The zero-order valence-electron chi connectivity index (χ0n) is 15.6. The average Bonchev–Trinajstić information content (AvgIpc) is 3.25. The van der Waals surface area contributed by atoms with Crippen LogP contribution in [-0.4, -0.2) is 36.3 Å². The molecule has 0 aliphatic rings. The Kier molecular flexibility index (Phi) is 7.66. The lowest BCUT2D eigenvalue weighted by Gasteiger charge is -2.08. The van der Waals surface area contributed by atoms with Crippen LogP contribution in [0.3, 0.4) is 0 Å². The first-order valence-electron chi connectivity index (χ1n) is 8.55. The molecule has 29 heavy (non-hydrogen) atoms. The van der Waals surface area contributed by atoms with Gasteiger partial charge in [-0.15, -0.1) is 0 Å². The number of ketones is 1. The molecular formula is C19H20N4O6. The number of hydrogen-bond donors (Lipinski definition) is 3. The molecule has 1 heterocycles. The Balaban J connectivity index is 1.98. The number of hydrogen-bond acceptors (Lipinski definition) is 7. The number of amides is 3. The van der Waals surface area contributed by atoms with E-state index in [0.29, 0.717) is 11.4 Å². The highest BCUT2D eigenvalue weighted by Crippen LogP contribution is 2.15. The van der Waals surface area contributed by atoms with Crippen molar-refractivity contribution in [3.8, 4) is 5.75 Å². The number of nitrogens with zero attached hydrogens (tertiary/aromatic N) is 1. The van der Waals surface area contributed by atoms with Crippen LogP contribution in [0, 0.1) is 0 Å². The van der Waals surface area contributed by atoms with Crippen LogP contribution < -0.4 is 21.2 Å². The third-order valence-electron chi connectivity index (χ3n) is 3.71. The molecule has 0 unspecified atom stereocenters. The third-order valence-corrected chi connectivity index (χ3v) is 3.71. The first-order valence-corrected chi connectivity index (χ1v) is 8.55. The lowest BCUT2D eigenvalue weighted by Crippen LogP contribution is -2.33. The van der Waals surface area contributed by atoms with Gasteiger partial charge in [-0.25, -0.2) is 5.43 Å². The van der Waals surface area contributed by atoms with E-state index < -0.39 is 17.6 Å². The van der Waals surface area contributed by atoms with Crippen LogP contribution in [-0.2, 0) is 14.4 Å². The molecule has 0 fully saturated rings. The minimum absolute atomic E-state index is 0.0112. The van der Waals surface area contributed by atoms with Crippen LogP contribution in [0.2, 0.25) is 0 Å². The number of Topliss-reactive ketones (excluding diaryl/α,β-unsaturated/α-hetero) is 1. The Labute approximate surface area is 166 Å². The van der Waals surface area contributed by atoms with Gasteiger partial charge >= 0.3 is 11.8 Å². The Morgan fingerprint density at radius 3 is 2.41 bits per heavy atom. The Morgan fingerprint density at radius 1 is 1.10 bits per heavy atom. The number of rotatable bonds is 9. The summed E-state index contributed by atoms with van der Waals surface area (Å²) in [5.41, 5.74) is 7.58. The maximum Gasteiger partial charge on any atom is 0.329 e. The van der Waals surface area contributed by atoms with Crippen LogP contribution in [0.5, 0.6) is 5.75 Å². The van der Waals surface area contributed by atoms with Crippen molar-refractivity contribution in [2.24, 2.45) is 10.8 Å². The molecule has 0 atom stereocenters. The lowest BCUT2D eigenvalue weighted by molar-refractivity contribution is -0.137. The highest BCUT2D eigenvalue weighted by Gasteiger charge is 2.16. The molecule has 0 aliphatic carbocycles. The van der Waals surface area contributed by atoms with Crippen molar-refractivity contribution < 1.29 is 28.3 Å². The standard InChI is InChI=1S/C19H20N4O6/c1-28-14-7-4-12(5-8-14)21-17(25)9-6-13(22-23-19(27)18(20)26)11-15(24)16-3-2-10-29-16/h2-5,7-8,10H,6,9,11H2,1H3,(H2,20,26)(H,21,25)(H,23,27)/b22-13-. The highest BCUT2D eigenvalue weighted by molar-refractivity contribution is 6.34. The van der Waals surface area contributed by atoms with Gasteiger partial charge in [-0.2, -0.15) is 5.10 Å². The van der Waals surface area contributed by atoms with Gasteiger partial charge in [-0.05, 0) is 42.8 Å². The van der Waals surface area contributed by atoms with Crippen molar-refractivity contribution in [1.29, 1.82) is 0 Å².